The molecule has 0 aromatic heterocycles. The molecule has 0 aromatic rings. The van der Waals surface area contributed by atoms with Crippen LogP contribution in [-0.4, -0.2) is 18.0 Å². The van der Waals surface area contributed by atoms with Crippen LogP contribution in [0.3, 0.4) is 0 Å². The highest BCUT2D eigenvalue weighted by Crippen LogP contribution is 2.09. The lowest BCUT2D eigenvalue weighted by molar-refractivity contribution is -0.119. The molecular formula is C10H11FN2O2. The lowest BCUT2D eigenvalue weighted by Crippen LogP contribution is -2.30. The third-order valence-electron chi connectivity index (χ3n) is 1.85. The van der Waals surface area contributed by atoms with Crippen molar-refractivity contribution in [1.82, 2.24) is 10.6 Å². The second-order valence-electron chi connectivity index (χ2n) is 3.02. The zero-order valence-corrected chi connectivity index (χ0v) is 8.21. The van der Waals surface area contributed by atoms with Crippen LogP contribution < -0.4 is 10.6 Å². The van der Waals surface area contributed by atoms with Crippen molar-refractivity contribution in [3.05, 3.63) is 36.2 Å². The van der Waals surface area contributed by atoms with Gasteiger partial charge in [-0.05, 0) is 18.6 Å². The number of hydrogen-bond acceptors (Lipinski definition) is 2. The number of rotatable bonds is 3. The van der Waals surface area contributed by atoms with E-state index in [4.69, 9.17) is 0 Å². The summed E-state index contributed by atoms with van der Waals surface area (Å²) in [6, 6.07) is -1.34. The minimum absolute atomic E-state index is 0.390. The van der Waals surface area contributed by atoms with Gasteiger partial charge in [0.1, 0.15) is 6.04 Å². The van der Waals surface area contributed by atoms with Crippen LogP contribution in [0.25, 0.3) is 0 Å². The van der Waals surface area contributed by atoms with Crippen LogP contribution in [0.4, 0.5) is 9.18 Å². The summed E-state index contributed by atoms with van der Waals surface area (Å²) in [4.78, 5) is 22.1. The third-order valence-corrected chi connectivity index (χ3v) is 1.85. The molecule has 1 saturated heterocycles. The molecule has 0 bridgehead atoms. The lowest BCUT2D eigenvalue weighted by Gasteiger charge is -2.06. The molecule has 1 unspecified atom stereocenters. The second kappa shape index (κ2) is 4.54. The molecule has 0 aliphatic carbocycles. The number of amides is 3. The van der Waals surface area contributed by atoms with Crippen molar-refractivity contribution in [2.45, 2.75) is 13.0 Å². The fourth-order valence-electron chi connectivity index (χ4n) is 1.14. The molecule has 4 nitrogen and oxygen atoms in total. The molecule has 2 N–H and O–H groups in total. The van der Waals surface area contributed by atoms with Crippen molar-refractivity contribution in [2.24, 2.45) is 0 Å². The van der Waals surface area contributed by atoms with Crippen LogP contribution in [-0.2, 0) is 4.79 Å². The Morgan fingerprint density at radius 3 is 2.53 bits per heavy atom. The van der Waals surface area contributed by atoms with E-state index >= 15 is 0 Å². The highest BCUT2D eigenvalue weighted by molar-refractivity contribution is 6.06. The molecule has 80 valence electrons. The zero-order chi connectivity index (χ0) is 11.4. The normalized spacial score (nSPS) is 22.4. The van der Waals surface area contributed by atoms with Gasteiger partial charge in [0, 0.05) is 0 Å². The highest BCUT2D eigenvalue weighted by atomic mass is 19.1. The summed E-state index contributed by atoms with van der Waals surface area (Å²) in [6.45, 7) is 4.77. The fourth-order valence-corrected chi connectivity index (χ4v) is 1.14. The molecule has 1 atom stereocenters. The van der Waals surface area contributed by atoms with E-state index in [1.54, 1.807) is 0 Å². The van der Waals surface area contributed by atoms with Gasteiger partial charge in [-0.2, -0.15) is 0 Å². The average Bonchev–Trinajstić information content (AvgIpc) is 2.46. The Bertz CT molecular complexity index is 368. The Hall–Kier alpha value is -1.91. The van der Waals surface area contributed by atoms with E-state index in [2.05, 4.69) is 17.2 Å². The fraction of sp³-hybridized carbons (Fsp3) is 0.200. The van der Waals surface area contributed by atoms with Crippen molar-refractivity contribution < 1.29 is 14.0 Å². The maximum atomic E-state index is 12.5. The van der Waals surface area contributed by atoms with Gasteiger partial charge < -0.3 is 5.32 Å². The van der Waals surface area contributed by atoms with Crippen LogP contribution in [0.1, 0.15) is 6.92 Å². The molecule has 0 spiro atoms. The first-order valence-electron chi connectivity index (χ1n) is 4.32. The number of imide groups is 1. The molecule has 1 rings (SSSR count). The van der Waals surface area contributed by atoms with Gasteiger partial charge in [0.25, 0.3) is 5.91 Å². The van der Waals surface area contributed by atoms with E-state index in [9.17, 15) is 14.0 Å². The number of nitrogens with one attached hydrogen (secondary N) is 2. The average molecular weight is 210 g/mol. The van der Waals surface area contributed by atoms with Gasteiger partial charge in [-0.3, -0.25) is 10.1 Å². The van der Waals surface area contributed by atoms with Crippen LogP contribution in [0.2, 0.25) is 0 Å². The molecule has 0 saturated carbocycles. The summed E-state index contributed by atoms with van der Waals surface area (Å²) >= 11 is 0. The minimum Gasteiger partial charge on any atom is -0.322 e. The van der Waals surface area contributed by atoms with Crippen molar-refractivity contribution in [3.63, 3.8) is 0 Å². The largest absolute Gasteiger partial charge is 0.322 e. The second-order valence-corrected chi connectivity index (χ2v) is 3.02. The van der Waals surface area contributed by atoms with Crippen LogP contribution in [0.15, 0.2) is 36.2 Å². The van der Waals surface area contributed by atoms with E-state index < -0.39 is 18.0 Å². The summed E-state index contributed by atoms with van der Waals surface area (Å²) < 4.78 is 12.5. The van der Waals surface area contributed by atoms with Crippen molar-refractivity contribution in [2.75, 3.05) is 0 Å². The van der Waals surface area contributed by atoms with Gasteiger partial charge in [-0.25, -0.2) is 9.18 Å². The third kappa shape index (κ3) is 2.77. The molecule has 15 heavy (non-hydrogen) atoms. The van der Waals surface area contributed by atoms with Crippen molar-refractivity contribution in [1.29, 1.82) is 0 Å². The molecule has 1 heterocycles. The smallest absolute Gasteiger partial charge is 0.322 e. The van der Waals surface area contributed by atoms with Gasteiger partial charge in [0.05, 0.1) is 5.83 Å². The molecule has 1 aliphatic heterocycles. The van der Waals surface area contributed by atoms with Gasteiger partial charge in [0.2, 0.25) is 0 Å². The Morgan fingerprint density at radius 2 is 2.13 bits per heavy atom. The van der Waals surface area contributed by atoms with E-state index in [1.165, 1.54) is 25.2 Å². The number of carbonyl (C=O) groups is 2. The van der Waals surface area contributed by atoms with Crippen LogP contribution in [0.5, 0.6) is 0 Å². The van der Waals surface area contributed by atoms with Gasteiger partial charge in [-0.1, -0.05) is 18.7 Å². The van der Waals surface area contributed by atoms with E-state index in [-0.39, 0.29) is 5.83 Å². The first kappa shape index (κ1) is 11.2. The maximum absolute atomic E-state index is 12.5. The molecule has 5 heteroatoms. The summed E-state index contributed by atoms with van der Waals surface area (Å²) in [7, 11) is 0. The monoisotopic (exact) mass is 210 g/mol. The number of carbonyl (C=O) groups excluding carboxylic acids is 2. The van der Waals surface area contributed by atoms with Gasteiger partial charge >= 0.3 is 6.03 Å². The molecule has 0 aromatic carbocycles. The first-order valence-corrected chi connectivity index (χ1v) is 4.32. The summed E-state index contributed by atoms with van der Waals surface area (Å²) in [5.41, 5.74) is 0.440. The Kier molecular flexibility index (Phi) is 3.38. The summed E-state index contributed by atoms with van der Waals surface area (Å²) in [5, 5.41) is 4.46. The molecule has 1 aliphatic rings. The SMILES string of the molecule is C=C/C(=C\C=C(/C)F)C1NC(=O)NC1=O. The predicted molar refractivity (Wildman–Crippen MR) is 53.6 cm³/mol. The van der Waals surface area contributed by atoms with Gasteiger partial charge in [-0.15, -0.1) is 0 Å². The number of halogens is 1. The van der Waals surface area contributed by atoms with Crippen molar-refractivity contribution in [3.8, 4) is 0 Å². The first-order chi connectivity index (χ1) is 7.04. The van der Waals surface area contributed by atoms with Gasteiger partial charge in [0.15, 0.2) is 0 Å². The zero-order valence-electron chi connectivity index (χ0n) is 8.21. The highest BCUT2D eigenvalue weighted by Gasteiger charge is 2.30. The molecular weight excluding hydrogens is 199 g/mol. The number of urea groups is 1. The van der Waals surface area contributed by atoms with Crippen LogP contribution >= 0.6 is 0 Å². The maximum Gasteiger partial charge on any atom is 0.322 e. The Balaban J connectivity index is 2.89. The predicted octanol–water partition coefficient (Wildman–Crippen LogP) is 1.18. The summed E-state index contributed by atoms with van der Waals surface area (Å²) in [6.07, 6.45) is 4.00. The Morgan fingerprint density at radius 1 is 1.47 bits per heavy atom. The van der Waals surface area contributed by atoms with E-state index in [1.807, 2.05) is 0 Å². The number of hydrogen-bond donors (Lipinski definition) is 2. The molecule has 1 fully saturated rings. The quantitative estimate of drug-likeness (QED) is 0.542. The minimum atomic E-state index is -0.786. The standard InChI is InChI=1S/C10H11FN2O2/c1-3-7(5-4-6(2)11)8-9(14)13-10(15)12-8/h3-5,8H,1H2,2H3,(H2,12,13,14,15)/b6-4+,7-5+. The molecule has 0 radical (unpaired) electrons. The van der Waals surface area contributed by atoms with Crippen LogP contribution in [0, 0.1) is 0 Å². The van der Waals surface area contributed by atoms with E-state index in [0.717, 1.165) is 0 Å². The lowest BCUT2D eigenvalue weighted by atomic mass is 10.1. The Labute approximate surface area is 86.5 Å². The summed E-state index contributed by atoms with van der Waals surface area (Å²) in [5.74, 6) is -0.852. The van der Waals surface area contributed by atoms with E-state index in [0.29, 0.717) is 5.57 Å². The van der Waals surface area contributed by atoms with Crippen molar-refractivity contribution >= 4 is 11.9 Å². The molecule has 3 amide bonds. The number of allylic oxidation sites excluding steroid dienone is 3. The topological polar surface area (TPSA) is 58.2 Å².